The van der Waals surface area contributed by atoms with Gasteiger partial charge in [0.05, 0.1) is 68.5 Å². The first kappa shape index (κ1) is 49.4. The molecule has 8 atom stereocenters. The fourth-order valence-electron chi connectivity index (χ4n) is 15.7. The fourth-order valence-corrected chi connectivity index (χ4v) is 17.4. The molecule has 16 rings (SSSR count). The summed E-state index contributed by atoms with van der Waals surface area (Å²) in [5.41, 5.74) is 10.4. The van der Waals surface area contributed by atoms with Crippen molar-refractivity contribution in [3.8, 4) is 0 Å². The minimum Gasteiger partial charge on any atom is -0.375 e. The Morgan fingerprint density at radius 3 is 1.48 bits per heavy atom. The number of rotatable bonds is 10. The first-order chi connectivity index (χ1) is 38.3. The lowest BCUT2D eigenvalue weighted by atomic mass is 9.92. The van der Waals surface area contributed by atoms with E-state index in [0.717, 1.165) is 116 Å². The zero-order valence-corrected chi connectivity index (χ0v) is 46.4. The van der Waals surface area contributed by atoms with Gasteiger partial charge in [0, 0.05) is 95.3 Å². The van der Waals surface area contributed by atoms with Crippen LogP contribution < -0.4 is 16.0 Å². The molecule has 2 fully saturated rings. The molecule has 0 radical (unpaired) electrons. The zero-order chi connectivity index (χ0) is 54.2. The number of nitrogens with one attached hydrogen (secondary N) is 3. The van der Waals surface area contributed by atoms with Gasteiger partial charge in [-0.1, -0.05) is 72.8 Å². The molecule has 4 aromatic heterocycles. The Hall–Kier alpha value is -6.63. The lowest BCUT2D eigenvalue weighted by Gasteiger charge is -2.50. The average Bonchev–Trinajstić information content (AvgIpc) is 3.03. The molecule has 0 saturated carbocycles. The van der Waals surface area contributed by atoms with Crippen LogP contribution in [0.2, 0.25) is 0 Å². The number of hydrogen-bond acceptors (Lipinski definition) is 11. The summed E-state index contributed by atoms with van der Waals surface area (Å²) in [4.78, 5) is 28.9. The molecule has 18 heteroatoms. The maximum Gasteiger partial charge on any atom is 0.344 e. The number of carbonyl (C=O) groups is 2. The molecule has 4 bridgehead atoms. The van der Waals surface area contributed by atoms with Crippen LogP contribution in [0.3, 0.4) is 0 Å². The lowest BCUT2D eigenvalue weighted by Crippen LogP contribution is -2.60. The van der Waals surface area contributed by atoms with E-state index in [-0.39, 0.29) is 42.5 Å². The van der Waals surface area contributed by atoms with Crippen molar-refractivity contribution in [3.05, 3.63) is 119 Å². The van der Waals surface area contributed by atoms with Gasteiger partial charge < -0.3 is 62.2 Å². The van der Waals surface area contributed by atoms with Gasteiger partial charge in [0.15, 0.2) is 11.4 Å². The minimum atomic E-state index is -3.39. The van der Waals surface area contributed by atoms with Crippen LogP contribution in [0.15, 0.2) is 97.1 Å². The minimum absolute atomic E-state index is 0.00357. The molecule has 6 aliphatic heterocycles. The van der Waals surface area contributed by atoms with E-state index in [9.17, 15) is 14.2 Å². The summed E-state index contributed by atoms with van der Waals surface area (Å²) in [6.07, 6.45) is 0.170. The smallest absolute Gasteiger partial charge is 0.344 e. The van der Waals surface area contributed by atoms with Crippen molar-refractivity contribution in [1.82, 2.24) is 39.1 Å². The molecule has 0 aliphatic carbocycles. The van der Waals surface area contributed by atoms with E-state index in [4.69, 9.17) is 28.0 Å². The second-order valence-corrected chi connectivity index (χ2v) is 24.3. The third kappa shape index (κ3) is 6.36. The van der Waals surface area contributed by atoms with Crippen LogP contribution >= 0.6 is 7.60 Å². The number of para-hydroxylation sites is 4. The highest BCUT2D eigenvalue weighted by atomic mass is 31.2. The summed E-state index contributed by atoms with van der Waals surface area (Å²) in [5.74, 6) is -0.0418. The summed E-state index contributed by atoms with van der Waals surface area (Å²) in [5, 5.41) is 18.3. The Balaban J connectivity index is 0.000000140. The fraction of sp³-hybridized carbons (Fsp3) is 0.377. The first-order valence-electron chi connectivity index (χ1n) is 27.6. The molecule has 10 aromatic rings. The standard InChI is InChI=1S/C33H37N4O6P.C28H26N4O3/c1-6-41-44(39,42-7-2)18-35(4)24-16-25-36-22-14-10-8-12-19(22)27-28-21(17-34-32(28)38)26-20-13-9-11-15-23(20)37(30(26)29(27)36)33(3,43-25)31(24)40-5;1-28-26(34-3)17(29-2)12-20(35-28)31-18-10-6-4-8-14(18)22-23-16(13-30-27(23)33)21-15-9-5-7-11-19(15)32(28)25(21)24(22)31/h8-15,24-25,31H,6-7,16-18H2,1-5H3,(H,34,38);4-11,17,20,26,29H,12-13H2,1-3H3,(H,30,33)/t24-,25-,31-,33+;17-,20-,26-,28+/m11/s1. The maximum atomic E-state index is 13.7. The van der Waals surface area contributed by atoms with Crippen molar-refractivity contribution in [2.75, 3.05) is 47.8 Å². The lowest BCUT2D eigenvalue weighted by molar-refractivity contribution is -0.266. The van der Waals surface area contributed by atoms with E-state index in [0.29, 0.717) is 32.7 Å². The molecule has 2 amide bonds. The molecular weight excluding hydrogens is 1020 g/mol. The van der Waals surface area contributed by atoms with E-state index in [1.54, 1.807) is 14.2 Å². The summed E-state index contributed by atoms with van der Waals surface area (Å²) in [6, 6.07) is 33.4. The van der Waals surface area contributed by atoms with Gasteiger partial charge in [0.1, 0.15) is 30.9 Å². The zero-order valence-electron chi connectivity index (χ0n) is 45.5. The highest BCUT2D eigenvalue weighted by Crippen LogP contribution is 2.57. The van der Waals surface area contributed by atoms with Crippen molar-refractivity contribution in [2.45, 2.75) is 102 Å². The number of nitrogens with zero attached hydrogens (tertiary/aromatic N) is 5. The molecule has 6 aliphatic rings. The predicted molar refractivity (Wildman–Crippen MR) is 306 cm³/mol. The van der Waals surface area contributed by atoms with Crippen LogP contribution in [0, 0.1) is 0 Å². The van der Waals surface area contributed by atoms with Gasteiger partial charge in [0.2, 0.25) is 0 Å². The number of amides is 2. The second kappa shape index (κ2) is 17.4. The van der Waals surface area contributed by atoms with Crippen molar-refractivity contribution in [3.63, 3.8) is 0 Å². The summed E-state index contributed by atoms with van der Waals surface area (Å²) in [6.45, 7) is 9.49. The van der Waals surface area contributed by atoms with Gasteiger partial charge in [-0.25, -0.2) is 0 Å². The molecule has 0 spiro atoms. The van der Waals surface area contributed by atoms with Crippen LogP contribution in [0.4, 0.5) is 0 Å². The van der Waals surface area contributed by atoms with Crippen LogP contribution in [0.5, 0.6) is 0 Å². The molecule has 10 heterocycles. The highest BCUT2D eigenvalue weighted by Gasteiger charge is 2.56. The topological polar surface area (TPSA) is 166 Å². The number of hydrogen-bond donors (Lipinski definition) is 3. The SMILES string of the molecule is CCOP(=O)(CN(C)[C@@H]1C[C@H]2O[C@@](C)([C@@H]1OC)n1c3ccccc3c3c4c(c5c6ccccc6n2c5c31)C(=O)NC4)OCC.CN[C@@H]1C[C@H]2O[C@@](C)([C@@H]1OC)n1c3ccccc3c3c4c(c5c6ccccc6n2c5c31)C(=O)NC4. The Morgan fingerprint density at radius 1 is 0.620 bits per heavy atom. The molecule has 79 heavy (non-hydrogen) atoms. The number of carbonyl (C=O) groups excluding carboxylic acids is 2. The molecule has 17 nitrogen and oxygen atoms in total. The van der Waals surface area contributed by atoms with Crippen LogP contribution in [0.25, 0.3) is 87.2 Å². The number of aromatic nitrogens is 4. The van der Waals surface area contributed by atoms with Gasteiger partial charge in [-0.15, -0.1) is 0 Å². The molecule has 3 N–H and O–H groups in total. The largest absolute Gasteiger partial charge is 0.375 e. The van der Waals surface area contributed by atoms with E-state index in [1.165, 1.54) is 0 Å². The summed E-state index contributed by atoms with van der Waals surface area (Å²) in [7, 11) is 4.06. The van der Waals surface area contributed by atoms with E-state index in [1.807, 2.05) is 52.2 Å². The van der Waals surface area contributed by atoms with E-state index >= 15 is 0 Å². The van der Waals surface area contributed by atoms with Crippen molar-refractivity contribution in [1.29, 1.82) is 0 Å². The molecule has 0 unspecified atom stereocenters. The number of benzene rings is 6. The molecule has 2 saturated heterocycles. The first-order valence-corrected chi connectivity index (χ1v) is 29.3. The summed E-state index contributed by atoms with van der Waals surface area (Å²) < 4.78 is 61.3. The normalized spacial score (nSPS) is 25.8. The van der Waals surface area contributed by atoms with Gasteiger partial charge in [-0.2, -0.15) is 0 Å². The molecule has 6 aromatic carbocycles. The Bertz CT molecular complexity index is 4340. The van der Waals surface area contributed by atoms with Gasteiger partial charge in [-0.3, -0.25) is 19.1 Å². The Kier molecular flexibility index (Phi) is 10.9. The monoisotopic (exact) mass is 1080 g/mol. The quantitative estimate of drug-likeness (QED) is 0.112. The van der Waals surface area contributed by atoms with Crippen molar-refractivity contribution in [2.24, 2.45) is 0 Å². The Labute approximate surface area is 455 Å². The number of likely N-dealkylation sites (N-methyl/N-ethyl adjacent to an activating group) is 2. The number of methoxy groups -OCH3 is 2. The number of ether oxygens (including phenoxy) is 4. The third-order valence-electron chi connectivity index (χ3n) is 18.4. The van der Waals surface area contributed by atoms with Crippen molar-refractivity contribution < 1.29 is 42.1 Å². The van der Waals surface area contributed by atoms with E-state index < -0.39 is 31.4 Å². The van der Waals surface area contributed by atoms with Crippen LogP contribution in [-0.4, -0.2) is 107 Å². The number of fused-ring (bicyclic) bond motifs is 26. The van der Waals surface area contributed by atoms with Crippen LogP contribution in [0.1, 0.15) is 84.8 Å². The predicted octanol–water partition coefficient (Wildman–Crippen LogP) is 10.6. The van der Waals surface area contributed by atoms with Gasteiger partial charge in [0.25, 0.3) is 11.8 Å². The van der Waals surface area contributed by atoms with E-state index in [2.05, 4.69) is 126 Å². The van der Waals surface area contributed by atoms with Crippen molar-refractivity contribution >= 4 is 107 Å². The molecular formula is C61H63N8O9P. The molecule has 406 valence electrons. The average molecular weight is 1080 g/mol. The van der Waals surface area contributed by atoms with Crippen LogP contribution in [-0.2, 0) is 57.1 Å². The summed E-state index contributed by atoms with van der Waals surface area (Å²) >= 11 is 0. The second-order valence-electron chi connectivity index (χ2n) is 22.3. The van der Waals surface area contributed by atoms with Gasteiger partial charge in [-0.05, 0) is 77.2 Å². The third-order valence-corrected chi connectivity index (χ3v) is 20.5. The maximum absolute atomic E-state index is 13.7. The Morgan fingerprint density at radius 2 is 1.04 bits per heavy atom. The van der Waals surface area contributed by atoms with Gasteiger partial charge >= 0.3 is 7.60 Å². The highest BCUT2D eigenvalue weighted by molar-refractivity contribution is 7.53.